The van der Waals surface area contributed by atoms with E-state index in [1.54, 1.807) is 28.4 Å². The van der Waals surface area contributed by atoms with Gasteiger partial charge in [-0.15, -0.1) is 0 Å². The van der Waals surface area contributed by atoms with Gasteiger partial charge in [-0.25, -0.2) is 0 Å². The van der Waals surface area contributed by atoms with Gasteiger partial charge in [-0.3, -0.25) is 4.79 Å². The van der Waals surface area contributed by atoms with Crippen LogP contribution in [0.5, 0.6) is 23.0 Å². The van der Waals surface area contributed by atoms with Crippen molar-refractivity contribution in [1.82, 2.24) is 0 Å². The summed E-state index contributed by atoms with van der Waals surface area (Å²) >= 11 is 0. The van der Waals surface area contributed by atoms with Gasteiger partial charge in [0.1, 0.15) is 0 Å². The molecule has 0 aliphatic carbocycles. The number of ether oxygens (including phenoxy) is 6. The maximum absolute atomic E-state index is 12.5. The summed E-state index contributed by atoms with van der Waals surface area (Å²) in [5.41, 5.74) is 1.49. The van der Waals surface area contributed by atoms with Crippen molar-refractivity contribution in [2.75, 3.05) is 41.7 Å². The highest BCUT2D eigenvalue weighted by atomic mass is 16.5. The second-order valence-electron chi connectivity index (χ2n) is 9.53. The maximum atomic E-state index is 12.5. The van der Waals surface area contributed by atoms with Crippen LogP contribution in [0.2, 0.25) is 0 Å². The Bertz CT molecular complexity index is 979. The summed E-state index contributed by atoms with van der Waals surface area (Å²) in [5.74, 6) is 2.55. The highest BCUT2D eigenvalue weighted by molar-refractivity contribution is 5.75. The number of carbonyl (C=O) groups excluding carboxylic acids is 1. The summed E-state index contributed by atoms with van der Waals surface area (Å²) in [7, 11) is 6.47. The molecular weight excluding hydrogens is 436 g/mol. The first-order valence-corrected chi connectivity index (χ1v) is 11.4. The highest BCUT2D eigenvalue weighted by Crippen LogP contribution is 2.43. The zero-order valence-corrected chi connectivity index (χ0v) is 21.2. The smallest absolute Gasteiger partial charge is 0.311 e. The van der Waals surface area contributed by atoms with Crippen LogP contribution < -0.4 is 18.9 Å². The molecule has 2 aromatic rings. The molecule has 34 heavy (non-hydrogen) atoms. The van der Waals surface area contributed by atoms with Gasteiger partial charge in [-0.2, -0.15) is 0 Å². The molecule has 0 spiro atoms. The van der Waals surface area contributed by atoms with Gasteiger partial charge in [-0.05, 0) is 68.5 Å². The lowest BCUT2D eigenvalue weighted by atomic mass is 9.84. The van der Waals surface area contributed by atoms with Crippen molar-refractivity contribution in [2.24, 2.45) is 17.3 Å². The van der Waals surface area contributed by atoms with E-state index in [0.29, 0.717) is 29.6 Å². The van der Waals surface area contributed by atoms with E-state index in [-0.39, 0.29) is 30.5 Å². The molecule has 0 bridgehead atoms. The Morgan fingerprint density at radius 3 is 2.06 bits per heavy atom. The van der Waals surface area contributed by atoms with Crippen molar-refractivity contribution in [3.05, 3.63) is 47.5 Å². The van der Waals surface area contributed by atoms with E-state index >= 15 is 0 Å². The second-order valence-corrected chi connectivity index (χ2v) is 9.53. The molecule has 186 valence electrons. The summed E-state index contributed by atoms with van der Waals surface area (Å²) in [4.78, 5) is 12.5. The minimum Gasteiger partial charge on any atom is -0.493 e. The predicted octanol–water partition coefficient (Wildman–Crippen LogP) is 4.86. The van der Waals surface area contributed by atoms with E-state index in [1.165, 1.54) is 0 Å². The lowest BCUT2D eigenvalue weighted by Gasteiger charge is -2.26. The lowest BCUT2D eigenvalue weighted by molar-refractivity contribution is -0.155. The Hall–Kier alpha value is -2.93. The van der Waals surface area contributed by atoms with E-state index < -0.39 is 5.41 Å². The third-order valence-electron chi connectivity index (χ3n) is 6.19. The lowest BCUT2D eigenvalue weighted by Crippen LogP contribution is -2.29. The molecule has 0 saturated carbocycles. The van der Waals surface area contributed by atoms with Crippen LogP contribution in [-0.4, -0.2) is 47.6 Å². The standard InChI is InChI=1S/C27H36O7/c1-27(2,3)26(28)34-16-20-19(12-17-8-10-21(29-4)23(13-17)31-6)15-33-25(20)18-9-11-22(30-5)24(14-18)32-7/h8-11,13-14,19-20,25H,12,15-16H2,1-7H3/t19-,20-,25+/m0/s1. The first-order valence-electron chi connectivity index (χ1n) is 11.4. The van der Waals surface area contributed by atoms with Crippen LogP contribution >= 0.6 is 0 Å². The molecule has 1 fully saturated rings. The zero-order valence-electron chi connectivity index (χ0n) is 21.2. The molecule has 3 rings (SSSR count). The van der Waals surface area contributed by atoms with Crippen LogP contribution in [0.4, 0.5) is 0 Å². The van der Waals surface area contributed by atoms with Gasteiger partial charge in [0, 0.05) is 5.92 Å². The Balaban J connectivity index is 1.87. The predicted molar refractivity (Wildman–Crippen MR) is 129 cm³/mol. The molecule has 7 heteroatoms. The Labute approximate surface area is 202 Å². The van der Waals surface area contributed by atoms with Gasteiger partial charge < -0.3 is 28.4 Å². The molecule has 2 aromatic carbocycles. The molecule has 0 aromatic heterocycles. The van der Waals surface area contributed by atoms with E-state index in [1.807, 2.05) is 57.2 Å². The summed E-state index contributed by atoms with van der Waals surface area (Å²) in [6.07, 6.45) is 0.514. The van der Waals surface area contributed by atoms with Crippen molar-refractivity contribution in [1.29, 1.82) is 0 Å². The highest BCUT2D eigenvalue weighted by Gasteiger charge is 2.40. The number of esters is 1. The first-order chi connectivity index (χ1) is 16.2. The van der Waals surface area contributed by atoms with Crippen LogP contribution in [-0.2, 0) is 20.7 Å². The quantitative estimate of drug-likeness (QED) is 0.483. The van der Waals surface area contributed by atoms with Gasteiger partial charge >= 0.3 is 5.97 Å². The fourth-order valence-electron chi connectivity index (χ4n) is 4.23. The normalized spacial score (nSPS) is 20.0. The Kier molecular flexibility index (Phi) is 8.31. The van der Waals surface area contributed by atoms with E-state index in [4.69, 9.17) is 28.4 Å². The Morgan fingerprint density at radius 2 is 1.47 bits per heavy atom. The SMILES string of the molecule is COc1ccc(C[C@H]2CO[C@H](c3ccc(OC)c(OC)c3)[C@H]2COC(=O)C(C)(C)C)cc1OC. The molecule has 0 radical (unpaired) electrons. The largest absolute Gasteiger partial charge is 0.493 e. The Morgan fingerprint density at radius 1 is 0.882 bits per heavy atom. The van der Waals surface area contributed by atoms with E-state index in [2.05, 4.69) is 0 Å². The minimum atomic E-state index is -0.572. The number of carbonyl (C=O) groups is 1. The van der Waals surface area contributed by atoms with Gasteiger partial charge in [0.05, 0.1) is 53.2 Å². The first kappa shape index (κ1) is 25.7. The van der Waals surface area contributed by atoms with Crippen LogP contribution in [0.15, 0.2) is 36.4 Å². The van der Waals surface area contributed by atoms with Crippen molar-refractivity contribution in [3.8, 4) is 23.0 Å². The van der Waals surface area contributed by atoms with Gasteiger partial charge in [0.15, 0.2) is 23.0 Å². The molecule has 1 saturated heterocycles. The molecule has 1 heterocycles. The molecule has 0 unspecified atom stereocenters. The average molecular weight is 473 g/mol. The maximum Gasteiger partial charge on any atom is 0.311 e. The van der Waals surface area contributed by atoms with Crippen molar-refractivity contribution in [3.63, 3.8) is 0 Å². The molecule has 1 aliphatic rings. The van der Waals surface area contributed by atoms with Crippen LogP contribution in [0.25, 0.3) is 0 Å². The molecule has 3 atom stereocenters. The van der Waals surface area contributed by atoms with E-state index in [9.17, 15) is 4.79 Å². The average Bonchev–Trinajstić information content (AvgIpc) is 3.23. The second kappa shape index (κ2) is 11.0. The van der Waals surface area contributed by atoms with Crippen LogP contribution in [0.1, 0.15) is 38.0 Å². The molecule has 0 amide bonds. The third kappa shape index (κ3) is 5.76. The van der Waals surface area contributed by atoms with E-state index in [0.717, 1.165) is 17.5 Å². The van der Waals surface area contributed by atoms with Crippen molar-refractivity contribution < 1.29 is 33.2 Å². The number of rotatable bonds is 9. The summed E-state index contributed by atoms with van der Waals surface area (Å²) in [6, 6.07) is 11.7. The van der Waals surface area contributed by atoms with Crippen LogP contribution in [0.3, 0.4) is 0 Å². The van der Waals surface area contributed by atoms with Crippen LogP contribution in [0, 0.1) is 17.3 Å². The van der Waals surface area contributed by atoms with Gasteiger partial charge in [-0.1, -0.05) is 12.1 Å². The molecule has 7 nitrogen and oxygen atoms in total. The summed E-state index contributed by atoms with van der Waals surface area (Å²) < 4.78 is 33.8. The number of hydrogen-bond acceptors (Lipinski definition) is 7. The zero-order chi connectivity index (χ0) is 24.9. The fourth-order valence-corrected chi connectivity index (χ4v) is 4.23. The molecule has 1 aliphatic heterocycles. The van der Waals surface area contributed by atoms with Gasteiger partial charge in [0.2, 0.25) is 0 Å². The third-order valence-corrected chi connectivity index (χ3v) is 6.19. The van der Waals surface area contributed by atoms with Gasteiger partial charge in [0.25, 0.3) is 0 Å². The monoisotopic (exact) mass is 472 g/mol. The fraction of sp³-hybridized carbons (Fsp3) is 0.519. The number of methoxy groups -OCH3 is 4. The van der Waals surface area contributed by atoms with Crippen molar-refractivity contribution >= 4 is 5.97 Å². The molecule has 0 N–H and O–H groups in total. The minimum absolute atomic E-state index is 0.0301. The topological polar surface area (TPSA) is 72.5 Å². The summed E-state index contributed by atoms with van der Waals surface area (Å²) in [6.45, 7) is 6.38. The number of hydrogen-bond donors (Lipinski definition) is 0. The molecular formula is C27H36O7. The van der Waals surface area contributed by atoms with Crippen molar-refractivity contribution in [2.45, 2.75) is 33.3 Å². The summed E-state index contributed by atoms with van der Waals surface area (Å²) in [5, 5.41) is 0. The number of benzene rings is 2.